The molecule has 3 N–H and O–H groups in total. The van der Waals surface area contributed by atoms with E-state index in [4.69, 9.17) is 5.84 Å². The number of nitrogens with one attached hydrogen (secondary N) is 1. The zero-order valence-electron chi connectivity index (χ0n) is 6.36. The van der Waals surface area contributed by atoms with Crippen LogP contribution >= 0.6 is 12.2 Å². The largest absolute Gasteiger partial charge is 0.332 e. The van der Waals surface area contributed by atoms with Crippen LogP contribution in [-0.2, 0) is 0 Å². The van der Waals surface area contributed by atoms with Gasteiger partial charge >= 0.3 is 12.1 Å². The van der Waals surface area contributed by atoms with Gasteiger partial charge in [-0.2, -0.15) is 17.6 Å². The molecule has 0 aromatic heterocycles. The molecular formula is C5H7F4N3S. The Morgan fingerprint density at radius 2 is 1.62 bits per heavy atom. The smallest absolute Gasteiger partial charge is 0.301 e. The van der Waals surface area contributed by atoms with E-state index in [2.05, 4.69) is 12.2 Å². The molecule has 1 fully saturated rings. The first-order valence-corrected chi connectivity index (χ1v) is 3.78. The Labute approximate surface area is 76.8 Å². The first-order chi connectivity index (χ1) is 5.81. The van der Waals surface area contributed by atoms with E-state index in [-0.39, 0.29) is 0 Å². The van der Waals surface area contributed by atoms with Crippen LogP contribution in [0.3, 0.4) is 0 Å². The number of thiocarbonyl (C=S) groups is 1. The van der Waals surface area contributed by atoms with Gasteiger partial charge in [-0.1, -0.05) is 0 Å². The molecule has 0 radical (unpaired) electrons. The molecule has 0 aliphatic carbocycles. The van der Waals surface area contributed by atoms with Crippen molar-refractivity contribution in [3.05, 3.63) is 0 Å². The third-order valence-electron chi connectivity index (χ3n) is 1.71. The van der Waals surface area contributed by atoms with E-state index in [0.29, 0.717) is 0 Å². The Hall–Kier alpha value is -0.630. The molecule has 76 valence electrons. The van der Waals surface area contributed by atoms with Crippen molar-refractivity contribution < 1.29 is 17.6 Å². The zero-order valence-corrected chi connectivity index (χ0v) is 7.18. The SMILES string of the molecule is NNC(=S)N1C(F)(F)CCC1(F)F. The Bertz CT molecular complexity index is 216. The number of hydrogen-bond donors (Lipinski definition) is 2. The van der Waals surface area contributed by atoms with Gasteiger partial charge in [0.2, 0.25) is 0 Å². The van der Waals surface area contributed by atoms with Crippen molar-refractivity contribution in [2.45, 2.75) is 24.9 Å². The Morgan fingerprint density at radius 3 is 1.92 bits per heavy atom. The minimum atomic E-state index is -3.63. The van der Waals surface area contributed by atoms with Gasteiger partial charge in [0.25, 0.3) is 0 Å². The number of rotatable bonds is 0. The molecular weight excluding hydrogens is 210 g/mol. The lowest BCUT2D eigenvalue weighted by Gasteiger charge is -2.30. The summed E-state index contributed by atoms with van der Waals surface area (Å²) in [6.07, 6.45) is -1.86. The molecule has 1 rings (SSSR count). The second-order valence-electron chi connectivity index (χ2n) is 2.62. The molecule has 0 saturated carbocycles. The zero-order chi connectivity index (χ0) is 10.3. The number of hydrazine groups is 1. The topological polar surface area (TPSA) is 41.3 Å². The van der Waals surface area contributed by atoms with Gasteiger partial charge in [0.15, 0.2) is 5.11 Å². The van der Waals surface area contributed by atoms with E-state index in [1.807, 2.05) is 0 Å². The normalized spacial score (nSPS) is 24.5. The fourth-order valence-electron chi connectivity index (χ4n) is 1.13. The molecule has 8 heteroatoms. The second kappa shape index (κ2) is 2.95. The summed E-state index contributed by atoms with van der Waals surface area (Å²) in [5, 5.41) is -0.854. The molecule has 1 heterocycles. The third kappa shape index (κ3) is 1.68. The highest BCUT2D eigenvalue weighted by Crippen LogP contribution is 2.44. The van der Waals surface area contributed by atoms with Gasteiger partial charge in [-0.25, -0.2) is 10.7 Å². The number of likely N-dealkylation sites (tertiary alicyclic amines) is 1. The summed E-state index contributed by atoms with van der Waals surface area (Å²) in [5.41, 5.74) is 1.62. The maximum Gasteiger partial charge on any atom is 0.332 e. The standard InChI is InChI=1S/C5H7F4N3S/c6-4(7)1-2-5(8,9)12(4)3(13)11-10/h1-2,10H2,(H,11,13). The van der Waals surface area contributed by atoms with Gasteiger partial charge in [0.05, 0.1) is 0 Å². The quantitative estimate of drug-likeness (QED) is 0.209. The van der Waals surface area contributed by atoms with Crippen LogP contribution in [0.4, 0.5) is 17.6 Å². The maximum atomic E-state index is 12.8. The lowest BCUT2D eigenvalue weighted by atomic mass is 10.3. The van der Waals surface area contributed by atoms with Crippen LogP contribution in [-0.4, -0.2) is 22.1 Å². The number of nitrogens with two attached hydrogens (primary N) is 1. The van der Waals surface area contributed by atoms with Crippen LogP contribution in [0.2, 0.25) is 0 Å². The Balaban J connectivity index is 2.94. The van der Waals surface area contributed by atoms with Crippen molar-refractivity contribution in [2.24, 2.45) is 5.84 Å². The fraction of sp³-hybridized carbons (Fsp3) is 0.800. The van der Waals surface area contributed by atoms with Gasteiger partial charge in [-0.3, -0.25) is 0 Å². The minimum Gasteiger partial charge on any atom is -0.301 e. The van der Waals surface area contributed by atoms with Crippen LogP contribution in [0.25, 0.3) is 0 Å². The molecule has 0 amide bonds. The summed E-state index contributed by atoms with van der Waals surface area (Å²) in [5.74, 6) is 4.69. The van der Waals surface area contributed by atoms with Crippen molar-refractivity contribution >= 4 is 17.3 Å². The molecule has 1 aliphatic heterocycles. The molecule has 0 unspecified atom stereocenters. The molecule has 13 heavy (non-hydrogen) atoms. The fourth-order valence-corrected chi connectivity index (χ4v) is 1.39. The van der Waals surface area contributed by atoms with Crippen LogP contribution in [0.5, 0.6) is 0 Å². The van der Waals surface area contributed by atoms with Crippen LogP contribution < -0.4 is 11.3 Å². The summed E-state index contributed by atoms with van der Waals surface area (Å²) in [4.78, 5) is -0.463. The van der Waals surface area contributed by atoms with E-state index >= 15 is 0 Å². The van der Waals surface area contributed by atoms with Crippen molar-refractivity contribution in [3.8, 4) is 0 Å². The van der Waals surface area contributed by atoms with E-state index in [0.717, 1.165) is 0 Å². The van der Waals surface area contributed by atoms with Crippen LogP contribution in [0, 0.1) is 0 Å². The number of hydrogen-bond acceptors (Lipinski definition) is 2. The average molecular weight is 217 g/mol. The predicted octanol–water partition coefficient (Wildman–Crippen LogP) is 1.02. The third-order valence-corrected chi connectivity index (χ3v) is 2.01. The molecule has 1 aliphatic rings. The summed E-state index contributed by atoms with van der Waals surface area (Å²) in [6, 6.07) is -7.26. The lowest BCUT2D eigenvalue weighted by molar-refractivity contribution is -0.186. The van der Waals surface area contributed by atoms with Crippen molar-refractivity contribution in [1.82, 2.24) is 10.3 Å². The van der Waals surface area contributed by atoms with Gasteiger partial charge in [0.1, 0.15) is 0 Å². The highest BCUT2D eigenvalue weighted by molar-refractivity contribution is 7.80. The molecule has 1 saturated heterocycles. The first-order valence-electron chi connectivity index (χ1n) is 3.38. The highest BCUT2D eigenvalue weighted by atomic mass is 32.1. The van der Waals surface area contributed by atoms with Gasteiger partial charge in [0, 0.05) is 12.8 Å². The molecule has 0 bridgehead atoms. The summed E-state index contributed by atoms with van der Waals surface area (Å²) < 4.78 is 51.2. The predicted molar refractivity (Wildman–Crippen MR) is 40.9 cm³/mol. The highest BCUT2D eigenvalue weighted by Gasteiger charge is 2.59. The van der Waals surface area contributed by atoms with E-state index in [1.165, 1.54) is 0 Å². The summed E-state index contributed by atoms with van der Waals surface area (Å²) in [6.45, 7) is 0. The maximum absolute atomic E-state index is 12.8. The van der Waals surface area contributed by atoms with Crippen molar-refractivity contribution in [3.63, 3.8) is 0 Å². The molecule has 3 nitrogen and oxygen atoms in total. The Kier molecular flexibility index (Phi) is 2.37. The summed E-state index contributed by atoms with van der Waals surface area (Å²) >= 11 is 4.24. The number of halogens is 4. The molecule has 0 atom stereocenters. The van der Waals surface area contributed by atoms with E-state index in [1.54, 1.807) is 5.43 Å². The minimum absolute atomic E-state index is 0.463. The molecule has 0 aromatic rings. The summed E-state index contributed by atoms with van der Waals surface area (Å²) in [7, 11) is 0. The average Bonchev–Trinajstić information content (AvgIpc) is 2.20. The monoisotopic (exact) mass is 217 g/mol. The second-order valence-corrected chi connectivity index (χ2v) is 3.00. The number of nitrogens with zero attached hydrogens (tertiary/aromatic N) is 1. The van der Waals surface area contributed by atoms with Gasteiger partial charge < -0.3 is 5.43 Å². The van der Waals surface area contributed by atoms with Crippen LogP contribution in [0.1, 0.15) is 12.8 Å². The van der Waals surface area contributed by atoms with Gasteiger partial charge in [-0.05, 0) is 12.2 Å². The van der Waals surface area contributed by atoms with E-state index in [9.17, 15) is 17.6 Å². The molecule has 0 spiro atoms. The molecule has 0 aromatic carbocycles. The van der Waals surface area contributed by atoms with Crippen LogP contribution in [0.15, 0.2) is 0 Å². The number of alkyl halides is 4. The first kappa shape index (κ1) is 10.5. The van der Waals surface area contributed by atoms with Crippen molar-refractivity contribution in [1.29, 1.82) is 0 Å². The van der Waals surface area contributed by atoms with Crippen molar-refractivity contribution in [2.75, 3.05) is 0 Å². The van der Waals surface area contributed by atoms with E-state index < -0.39 is 34.9 Å². The van der Waals surface area contributed by atoms with Gasteiger partial charge in [-0.15, -0.1) is 0 Å². The lowest BCUT2D eigenvalue weighted by Crippen LogP contribution is -2.54. The Morgan fingerprint density at radius 1 is 1.23 bits per heavy atom.